The summed E-state index contributed by atoms with van der Waals surface area (Å²) in [7, 11) is 1.86. The highest BCUT2D eigenvalue weighted by molar-refractivity contribution is 5.88. The average Bonchev–Trinajstić information content (AvgIpc) is 3.09. The molecule has 1 aliphatic carbocycles. The van der Waals surface area contributed by atoms with Crippen LogP contribution in [0.4, 0.5) is 0 Å². The highest BCUT2D eigenvalue weighted by atomic mass is 16.5. The maximum absolute atomic E-state index is 12.0. The van der Waals surface area contributed by atoms with Gasteiger partial charge in [0.15, 0.2) is 0 Å². The van der Waals surface area contributed by atoms with E-state index in [1.54, 1.807) is 11.6 Å². The van der Waals surface area contributed by atoms with Gasteiger partial charge in [-0.15, -0.1) is 0 Å². The summed E-state index contributed by atoms with van der Waals surface area (Å²) in [5, 5.41) is 4.39. The fourth-order valence-electron chi connectivity index (χ4n) is 2.40. The molecule has 0 aliphatic heterocycles. The predicted octanol–water partition coefficient (Wildman–Crippen LogP) is 2.69. The van der Waals surface area contributed by atoms with E-state index < -0.39 is 5.97 Å². The molecule has 0 N–H and O–H groups in total. The normalized spacial score (nSPS) is 14.4. The number of aromatic nitrogens is 3. The van der Waals surface area contributed by atoms with E-state index in [9.17, 15) is 4.79 Å². The molecule has 0 saturated heterocycles. The second-order valence-corrected chi connectivity index (χ2v) is 5.24. The molecule has 6 heteroatoms. The van der Waals surface area contributed by atoms with Crippen molar-refractivity contribution < 1.29 is 13.9 Å². The van der Waals surface area contributed by atoms with E-state index >= 15 is 0 Å². The van der Waals surface area contributed by atoms with Crippen LogP contribution in [-0.2, 0) is 18.2 Å². The number of carbonyl (C=O) groups is 1. The van der Waals surface area contributed by atoms with Crippen molar-refractivity contribution in [3.8, 4) is 11.5 Å². The predicted molar refractivity (Wildman–Crippen MR) is 76.0 cm³/mol. The Kier molecular flexibility index (Phi) is 3.53. The van der Waals surface area contributed by atoms with Gasteiger partial charge in [0.2, 0.25) is 11.7 Å². The molecule has 0 bridgehead atoms. The van der Waals surface area contributed by atoms with Gasteiger partial charge in [0.25, 0.3) is 0 Å². The summed E-state index contributed by atoms with van der Waals surface area (Å²) < 4.78 is 12.5. The van der Waals surface area contributed by atoms with Crippen LogP contribution in [0.3, 0.4) is 0 Å². The third-order valence-electron chi connectivity index (χ3n) is 3.55. The molecule has 2 aromatic heterocycles. The fourth-order valence-corrected chi connectivity index (χ4v) is 2.40. The molecule has 1 saturated carbocycles. The lowest BCUT2D eigenvalue weighted by molar-refractivity contribution is 0.0489. The largest absolute Gasteiger partial charge is 0.460 e. The van der Waals surface area contributed by atoms with E-state index in [0.717, 1.165) is 36.2 Å². The van der Waals surface area contributed by atoms with Gasteiger partial charge in [0.1, 0.15) is 0 Å². The van der Waals surface area contributed by atoms with Crippen LogP contribution < -0.4 is 0 Å². The molecule has 2 aromatic rings. The molecule has 2 heterocycles. The summed E-state index contributed by atoms with van der Waals surface area (Å²) >= 11 is 0. The Balaban J connectivity index is 2.03. The first-order valence-corrected chi connectivity index (χ1v) is 7.34. The SMILES string of the molecule is CCOC(=O)c1oc(-c2cn(C)nc2CC)nc1C1CC1. The second kappa shape index (κ2) is 5.35. The quantitative estimate of drug-likeness (QED) is 0.791. The number of rotatable bonds is 5. The summed E-state index contributed by atoms with van der Waals surface area (Å²) in [5.41, 5.74) is 2.49. The zero-order valence-corrected chi connectivity index (χ0v) is 12.5. The number of oxazole rings is 1. The third kappa shape index (κ3) is 2.57. The first-order chi connectivity index (χ1) is 10.1. The average molecular weight is 289 g/mol. The van der Waals surface area contributed by atoms with E-state index in [-0.39, 0.29) is 5.76 Å². The van der Waals surface area contributed by atoms with E-state index in [1.807, 2.05) is 20.2 Å². The van der Waals surface area contributed by atoms with Crippen molar-refractivity contribution in [1.82, 2.24) is 14.8 Å². The topological polar surface area (TPSA) is 70.2 Å². The Morgan fingerprint density at radius 1 is 1.48 bits per heavy atom. The van der Waals surface area contributed by atoms with Crippen molar-refractivity contribution in [3.63, 3.8) is 0 Å². The molecule has 6 nitrogen and oxygen atoms in total. The number of esters is 1. The minimum absolute atomic E-state index is 0.250. The van der Waals surface area contributed by atoms with Crippen molar-refractivity contribution in [2.24, 2.45) is 7.05 Å². The molecule has 3 rings (SSSR count). The summed E-state index contributed by atoms with van der Waals surface area (Å²) in [6, 6.07) is 0. The second-order valence-electron chi connectivity index (χ2n) is 5.24. The zero-order chi connectivity index (χ0) is 15.0. The van der Waals surface area contributed by atoms with Crippen LogP contribution in [0, 0.1) is 0 Å². The number of aryl methyl sites for hydroxylation is 2. The van der Waals surface area contributed by atoms with Crippen LogP contribution in [-0.4, -0.2) is 27.3 Å². The summed E-state index contributed by atoms with van der Waals surface area (Å²) in [4.78, 5) is 16.6. The van der Waals surface area contributed by atoms with Crippen molar-refractivity contribution in [2.45, 2.75) is 39.0 Å². The van der Waals surface area contributed by atoms with E-state index in [0.29, 0.717) is 18.4 Å². The Hall–Kier alpha value is -2.11. The number of nitrogens with zero attached hydrogens (tertiary/aromatic N) is 3. The highest BCUT2D eigenvalue weighted by Crippen LogP contribution is 2.42. The molecule has 0 aromatic carbocycles. The van der Waals surface area contributed by atoms with Crippen LogP contribution in [0.25, 0.3) is 11.5 Å². The Morgan fingerprint density at radius 2 is 2.24 bits per heavy atom. The number of carbonyl (C=O) groups excluding carboxylic acids is 1. The molecule has 112 valence electrons. The van der Waals surface area contributed by atoms with Crippen LogP contribution in [0.5, 0.6) is 0 Å². The van der Waals surface area contributed by atoms with Crippen molar-refractivity contribution in [2.75, 3.05) is 6.61 Å². The lowest BCUT2D eigenvalue weighted by atomic mass is 10.2. The standard InChI is InChI=1S/C15H19N3O3/c1-4-11-10(8-18(3)17-11)14-16-12(9-6-7-9)13(21-14)15(19)20-5-2/h8-9H,4-7H2,1-3H3. The Labute approximate surface area is 123 Å². The molecule has 1 fully saturated rings. The highest BCUT2D eigenvalue weighted by Gasteiger charge is 2.34. The van der Waals surface area contributed by atoms with Crippen molar-refractivity contribution in [3.05, 3.63) is 23.3 Å². The Morgan fingerprint density at radius 3 is 2.86 bits per heavy atom. The van der Waals surface area contributed by atoms with Crippen LogP contribution >= 0.6 is 0 Å². The summed E-state index contributed by atoms with van der Waals surface area (Å²) in [6.07, 6.45) is 4.75. The number of hydrogen-bond donors (Lipinski definition) is 0. The molecule has 0 spiro atoms. The van der Waals surface area contributed by atoms with E-state index in [1.165, 1.54) is 0 Å². The maximum atomic E-state index is 12.0. The molecule has 1 aliphatic rings. The van der Waals surface area contributed by atoms with Crippen LogP contribution in [0.1, 0.15) is 54.5 Å². The first-order valence-electron chi connectivity index (χ1n) is 7.34. The van der Waals surface area contributed by atoms with Gasteiger partial charge in [-0.25, -0.2) is 9.78 Å². The summed E-state index contributed by atoms with van der Waals surface area (Å²) in [5.74, 6) is 0.605. The van der Waals surface area contributed by atoms with Gasteiger partial charge in [-0.05, 0) is 26.2 Å². The van der Waals surface area contributed by atoms with Gasteiger partial charge in [0.05, 0.1) is 23.6 Å². The van der Waals surface area contributed by atoms with Gasteiger partial charge in [-0.1, -0.05) is 6.92 Å². The van der Waals surface area contributed by atoms with Gasteiger partial charge < -0.3 is 9.15 Å². The smallest absolute Gasteiger partial charge is 0.376 e. The Bertz CT molecular complexity index is 668. The van der Waals surface area contributed by atoms with E-state index in [4.69, 9.17) is 9.15 Å². The van der Waals surface area contributed by atoms with Gasteiger partial charge in [-0.3, -0.25) is 4.68 Å². The molecule has 0 radical (unpaired) electrons. The molecular weight excluding hydrogens is 270 g/mol. The number of hydrogen-bond acceptors (Lipinski definition) is 5. The minimum Gasteiger partial charge on any atom is -0.460 e. The minimum atomic E-state index is -0.430. The van der Waals surface area contributed by atoms with Crippen molar-refractivity contribution >= 4 is 5.97 Å². The van der Waals surface area contributed by atoms with E-state index in [2.05, 4.69) is 10.1 Å². The first kappa shape index (κ1) is 13.9. The molecule has 21 heavy (non-hydrogen) atoms. The number of ether oxygens (including phenoxy) is 1. The molecule has 0 atom stereocenters. The maximum Gasteiger partial charge on any atom is 0.376 e. The van der Waals surface area contributed by atoms with Crippen molar-refractivity contribution in [1.29, 1.82) is 0 Å². The zero-order valence-electron chi connectivity index (χ0n) is 12.5. The monoisotopic (exact) mass is 289 g/mol. The lowest BCUT2D eigenvalue weighted by Gasteiger charge is -1.98. The molecule has 0 unspecified atom stereocenters. The van der Waals surface area contributed by atoms with Gasteiger partial charge in [-0.2, -0.15) is 5.10 Å². The lowest BCUT2D eigenvalue weighted by Crippen LogP contribution is -2.05. The molecule has 0 amide bonds. The van der Waals surface area contributed by atoms with Crippen LogP contribution in [0.2, 0.25) is 0 Å². The van der Waals surface area contributed by atoms with Gasteiger partial charge >= 0.3 is 5.97 Å². The van der Waals surface area contributed by atoms with Gasteiger partial charge in [0, 0.05) is 19.2 Å². The fraction of sp³-hybridized carbons (Fsp3) is 0.533. The van der Waals surface area contributed by atoms with Crippen LogP contribution in [0.15, 0.2) is 10.6 Å². The summed E-state index contributed by atoms with van der Waals surface area (Å²) in [6.45, 7) is 4.14. The third-order valence-corrected chi connectivity index (χ3v) is 3.55. The molecular formula is C15H19N3O3.